The lowest BCUT2D eigenvalue weighted by Crippen LogP contribution is -2.15. The third-order valence-corrected chi connectivity index (χ3v) is 5.74. The van der Waals surface area contributed by atoms with E-state index in [-0.39, 0.29) is 5.82 Å². The summed E-state index contributed by atoms with van der Waals surface area (Å²) in [7, 11) is 0. The summed E-state index contributed by atoms with van der Waals surface area (Å²) in [6.45, 7) is 2.15. The number of nitrogens with one attached hydrogen (secondary N) is 1. The van der Waals surface area contributed by atoms with Gasteiger partial charge >= 0.3 is 0 Å². The van der Waals surface area contributed by atoms with Crippen LogP contribution in [0.4, 0.5) is 10.2 Å². The van der Waals surface area contributed by atoms with E-state index in [0.717, 1.165) is 31.5 Å². The summed E-state index contributed by atoms with van der Waals surface area (Å²) < 4.78 is 15.4. The number of hydrogen-bond acceptors (Lipinski definition) is 4. The number of nitrogen functional groups attached to an aromatic ring is 1. The summed E-state index contributed by atoms with van der Waals surface area (Å²) in [4.78, 5) is 8.32. The number of hydrogen-bond donors (Lipinski definition) is 2. The Balaban J connectivity index is 1.66. The Morgan fingerprint density at radius 1 is 1.16 bits per heavy atom. The minimum absolute atomic E-state index is 0.116. The van der Waals surface area contributed by atoms with Crippen LogP contribution in [0.2, 0.25) is 0 Å². The molecular formula is C20H25FN4. The Labute approximate surface area is 148 Å². The number of anilines is 1. The molecule has 132 valence electrons. The first-order chi connectivity index (χ1) is 12.2. The molecule has 1 aromatic heterocycles. The monoisotopic (exact) mass is 340 g/mol. The second-order valence-electron chi connectivity index (χ2n) is 7.35. The highest BCUT2D eigenvalue weighted by Gasteiger charge is 2.26. The minimum Gasteiger partial charge on any atom is -0.382 e. The molecule has 0 spiro atoms. The van der Waals surface area contributed by atoms with E-state index < -0.39 is 0 Å². The molecule has 0 bridgehead atoms. The van der Waals surface area contributed by atoms with Gasteiger partial charge in [0.05, 0.1) is 18.1 Å². The lowest BCUT2D eigenvalue weighted by atomic mass is 9.76. The molecule has 2 aliphatic rings. The van der Waals surface area contributed by atoms with Crippen LogP contribution in [0.1, 0.15) is 49.1 Å². The average Bonchev–Trinajstić information content (AvgIpc) is 3.07. The van der Waals surface area contributed by atoms with E-state index in [1.807, 2.05) is 6.07 Å². The first-order valence-electron chi connectivity index (χ1n) is 9.32. The molecule has 2 fully saturated rings. The van der Waals surface area contributed by atoms with Gasteiger partial charge < -0.3 is 11.1 Å². The highest BCUT2D eigenvalue weighted by Crippen LogP contribution is 2.41. The summed E-state index contributed by atoms with van der Waals surface area (Å²) in [6, 6.07) is 3.98. The summed E-state index contributed by atoms with van der Waals surface area (Å²) in [6.07, 6.45) is 9.70. The van der Waals surface area contributed by atoms with Gasteiger partial charge in [-0.3, -0.25) is 4.98 Å². The Morgan fingerprint density at radius 2 is 2.04 bits per heavy atom. The van der Waals surface area contributed by atoms with Crippen LogP contribution in [-0.4, -0.2) is 23.1 Å². The third kappa shape index (κ3) is 3.38. The molecule has 3 N–H and O–H groups in total. The zero-order valence-corrected chi connectivity index (χ0v) is 14.5. The van der Waals surface area contributed by atoms with E-state index in [2.05, 4.69) is 21.4 Å². The van der Waals surface area contributed by atoms with E-state index in [0.29, 0.717) is 28.9 Å². The smallest absolute Gasteiger partial charge is 0.141 e. The molecule has 25 heavy (non-hydrogen) atoms. The van der Waals surface area contributed by atoms with Gasteiger partial charge in [0.2, 0.25) is 0 Å². The maximum Gasteiger partial charge on any atom is 0.141 e. The number of aromatic nitrogens is 2. The van der Waals surface area contributed by atoms with Crippen molar-refractivity contribution in [3.05, 3.63) is 41.5 Å². The summed E-state index contributed by atoms with van der Waals surface area (Å²) in [5.41, 5.74) is 8.80. The Morgan fingerprint density at radius 3 is 2.68 bits per heavy atom. The van der Waals surface area contributed by atoms with E-state index >= 15 is 4.39 Å². The van der Waals surface area contributed by atoms with Gasteiger partial charge in [-0.15, -0.1) is 0 Å². The molecular weight excluding hydrogens is 315 g/mol. The maximum absolute atomic E-state index is 15.4. The highest BCUT2D eigenvalue weighted by molar-refractivity contribution is 5.62. The van der Waals surface area contributed by atoms with E-state index in [1.54, 1.807) is 6.20 Å². The van der Waals surface area contributed by atoms with Crippen molar-refractivity contribution in [2.24, 2.45) is 5.92 Å². The molecule has 1 aromatic carbocycles. The fraction of sp³-hybridized carbons (Fsp3) is 0.500. The van der Waals surface area contributed by atoms with E-state index in [4.69, 9.17) is 5.73 Å². The van der Waals surface area contributed by atoms with Crippen molar-refractivity contribution < 1.29 is 4.39 Å². The number of nitrogens with two attached hydrogens (primary N) is 1. The second kappa shape index (κ2) is 7.08. The van der Waals surface area contributed by atoms with Gasteiger partial charge in [-0.05, 0) is 74.2 Å². The Kier molecular flexibility index (Phi) is 4.66. The topological polar surface area (TPSA) is 63.8 Å². The van der Waals surface area contributed by atoms with Crippen molar-refractivity contribution in [2.45, 2.75) is 44.4 Å². The van der Waals surface area contributed by atoms with Crippen LogP contribution in [0.15, 0.2) is 24.5 Å². The lowest BCUT2D eigenvalue weighted by molar-refractivity contribution is 0.412. The van der Waals surface area contributed by atoms with Gasteiger partial charge in [-0.1, -0.05) is 12.5 Å². The molecule has 0 radical (unpaired) electrons. The fourth-order valence-corrected chi connectivity index (χ4v) is 3.98. The molecule has 1 aliphatic heterocycles. The van der Waals surface area contributed by atoms with Crippen LogP contribution in [0, 0.1) is 11.7 Å². The van der Waals surface area contributed by atoms with Gasteiger partial charge in [0.15, 0.2) is 0 Å². The summed E-state index contributed by atoms with van der Waals surface area (Å²) >= 11 is 0. The third-order valence-electron chi connectivity index (χ3n) is 5.74. The molecule has 2 aromatic rings. The molecule has 1 atom stereocenters. The zero-order chi connectivity index (χ0) is 17.2. The van der Waals surface area contributed by atoms with Crippen LogP contribution in [0.3, 0.4) is 0 Å². The van der Waals surface area contributed by atoms with Crippen molar-refractivity contribution >= 4 is 5.82 Å². The number of halogens is 1. The van der Waals surface area contributed by atoms with Crippen molar-refractivity contribution in [3.63, 3.8) is 0 Å². The molecule has 1 saturated carbocycles. The quantitative estimate of drug-likeness (QED) is 0.871. The number of benzene rings is 1. The molecule has 2 heterocycles. The SMILES string of the molecule is Nc1cnc(-c2ccc(C3CCC3)c(CCC3CCNC3)c2F)cn1. The minimum atomic E-state index is -0.116. The highest BCUT2D eigenvalue weighted by atomic mass is 19.1. The molecule has 1 unspecified atom stereocenters. The Bertz CT molecular complexity index is 734. The van der Waals surface area contributed by atoms with Gasteiger partial charge in [-0.2, -0.15) is 0 Å². The second-order valence-corrected chi connectivity index (χ2v) is 7.35. The van der Waals surface area contributed by atoms with Crippen LogP contribution >= 0.6 is 0 Å². The van der Waals surface area contributed by atoms with Crippen LogP contribution < -0.4 is 11.1 Å². The molecule has 5 heteroatoms. The molecule has 4 rings (SSSR count). The van der Waals surface area contributed by atoms with E-state index in [9.17, 15) is 0 Å². The zero-order valence-electron chi connectivity index (χ0n) is 14.5. The van der Waals surface area contributed by atoms with Crippen molar-refractivity contribution in [1.82, 2.24) is 15.3 Å². The maximum atomic E-state index is 15.4. The van der Waals surface area contributed by atoms with Crippen molar-refractivity contribution in [2.75, 3.05) is 18.8 Å². The van der Waals surface area contributed by atoms with Gasteiger partial charge in [0.1, 0.15) is 11.6 Å². The first-order valence-corrected chi connectivity index (χ1v) is 9.32. The summed E-state index contributed by atoms with van der Waals surface area (Å²) in [5, 5.41) is 3.40. The normalized spacial score (nSPS) is 20.6. The molecule has 1 saturated heterocycles. The number of nitrogens with zero attached hydrogens (tertiary/aromatic N) is 2. The van der Waals surface area contributed by atoms with E-state index in [1.165, 1.54) is 37.4 Å². The first kappa shape index (κ1) is 16.5. The van der Waals surface area contributed by atoms with Crippen LogP contribution in [0.25, 0.3) is 11.3 Å². The number of rotatable bonds is 5. The molecule has 0 amide bonds. The Hall–Kier alpha value is -2.01. The summed E-state index contributed by atoms with van der Waals surface area (Å²) in [5.74, 6) is 1.42. The standard InChI is InChI=1S/C20H25FN4/c21-20-16(5-4-13-8-9-23-10-13)15(14-2-1-3-14)6-7-17(20)18-11-25-19(22)12-24-18/h6-7,11-14,23H,1-5,8-10H2,(H2,22,25). The van der Waals surface area contributed by atoms with Gasteiger partial charge in [0, 0.05) is 5.56 Å². The lowest BCUT2D eigenvalue weighted by Gasteiger charge is -2.29. The molecule has 1 aliphatic carbocycles. The van der Waals surface area contributed by atoms with Crippen LogP contribution in [0.5, 0.6) is 0 Å². The predicted octanol–water partition coefficient (Wildman–Crippen LogP) is 3.67. The van der Waals surface area contributed by atoms with Gasteiger partial charge in [-0.25, -0.2) is 9.37 Å². The van der Waals surface area contributed by atoms with Gasteiger partial charge in [0.25, 0.3) is 0 Å². The fourth-order valence-electron chi connectivity index (χ4n) is 3.98. The average molecular weight is 340 g/mol. The van der Waals surface area contributed by atoms with Crippen molar-refractivity contribution in [3.8, 4) is 11.3 Å². The van der Waals surface area contributed by atoms with Crippen molar-refractivity contribution in [1.29, 1.82) is 0 Å². The molecule has 4 nitrogen and oxygen atoms in total. The predicted molar refractivity (Wildman–Crippen MR) is 97.7 cm³/mol. The largest absolute Gasteiger partial charge is 0.382 e. The van der Waals surface area contributed by atoms with Crippen LogP contribution in [-0.2, 0) is 6.42 Å².